The van der Waals surface area contributed by atoms with Crippen LogP contribution in [0.2, 0.25) is 0 Å². The first-order chi connectivity index (χ1) is 15.0. The number of ether oxygens (including phenoxy) is 1. The Morgan fingerprint density at radius 1 is 1.29 bits per heavy atom. The topological polar surface area (TPSA) is 67.6 Å². The molecule has 0 spiro atoms. The van der Waals surface area contributed by atoms with E-state index in [1.165, 1.54) is 16.6 Å². The molecule has 170 valence electrons. The number of fused-ring (bicyclic) bond motifs is 1. The molecule has 31 heavy (non-hydrogen) atoms. The van der Waals surface area contributed by atoms with Crippen molar-refractivity contribution < 1.29 is 14.6 Å². The van der Waals surface area contributed by atoms with Gasteiger partial charge in [0.05, 0.1) is 17.3 Å². The molecule has 2 aromatic heterocycles. The van der Waals surface area contributed by atoms with E-state index < -0.39 is 0 Å². The van der Waals surface area contributed by atoms with Gasteiger partial charge in [0.1, 0.15) is 6.10 Å². The SMILES string of the molecule is CCc1nc([C@@H](C)N(C(=O)[C@H]2CCCCO2)C2CC2)cc2c1cc(C)n2CCCCO. The number of aryl methyl sites for hydroxylation is 3. The quantitative estimate of drug-likeness (QED) is 0.606. The standard InChI is InChI=1S/C25H37N3O3/c1-4-21-20-15-17(2)27(12-6-7-13-29)23(20)16-22(26-21)18(3)28(19-10-11-19)25(30)24-9-5-8-14-31-24/h15-16,18-19,24,29H,4-14H2,1-3H3/t18-,24-/m1/s1. The summed E-state index contributed by atoms with van der Waals surface area (Å²) < 4.78 is 8.18. The molecule has 3 heterocycles. The summed E-state index contributed by atoms with van der Waals surface area (Å²) in [6.45, 7) is 8.21. The number of carbonyl (C=O) groups is 1. The Balaban J connectivity index is 1.67. The number of aliphatic hydroxyl groups excluding tert-OH is 1. The molecule has 0 aromatic carbocycles. The molecule has 1 aliphatic carbocycles. The smallest absolute Gasteiger partial charge is 0.252 e. The normalized spacial score (nSPS) is 20.2. The van der Waals surface area contributed by atoms with E-state index >= 15 is 0 Å². The van der Waals surface area contributed by atoms with E-state index in [2.05, 4.69) is 42.4 Å². The van der Waals surface area contributed by atoms with Gasteiger partial charge in [-0.15, -0.1) is 0 Å². The highest BCUT2D eigenvalue weighted by atomic mass is 16.5. The molecule has 0 unspecified atom stereocenters. The highest BCUT2D eigenvalue weighted by Crippen LogP contribution is 2.37. The van der Waals surface area contributed by atoms with Gasteiger partial charge in [0.25, 0.3) is 5.91 Å². The zero-order chi connectivity index (χ0) is 22.0. The van der Waals surface area contributed by atoms with Crippen LogP contribution >= 0.6 is 0 Å². The zero-order valence-electron chi connectivity index (χ0n) is 19.3. The minimum Gasteiger partial charge on any atom is -0.396 e. The summed E-state index contributed by atoms with van der Waals surface area (Å²) >= 11 is 0. The van der Waals surface area contributed by atoms with E-state index in [1.807, 2.05) is 0 Å². The van der Waals surface area contributed by atoms with Crippen molar-refractivity contribution in [1.29, 1.82) is 0 Å². The lowest BCUT2D eigenvalue weighted by Gasteiger charge is -2.34. The molecule has 2 aliphatic rings. The maximum atomic E-state index is 13.4. The van der Waals surface area contributed by atoms with Crippen LogP contribution in [-0.2, 0) is 22.5 Å². The number of amides is 1. The van der Waals surface area contributed by atoms with Gasteiger partial charge in [0, 0.05) is 42.6 Å². The van der Waals surface area contributed by atoms with Gasteiger partial charge >= 0.3 is 0 Å². The van der Waals surface area contributed by atoms with Gasteiger partial charge in [-0.05, 0) is 77.3 Å². The molecule has 1 saturated heterocycles. The molecular formula is C25H37N3O3. The Kier molecular flexibility index (Phi) is 6.97. The predicted octanol–water partition coefficient (Wildman–Crippen LogP) is 4.30. The van der Waals surface area contributed by atoms with Gasteiger partial charge in [-0.1, -0.05) is 6.92 Å². The van der Waals surface area contributed by atoms with E-state index in [0.29, 0.717) is 12.6 Å². The molecule has 2 atom stereocenters. The summed E-state index contributed by atoms with van der Waals surface area (Å²) in [4.78, 5) is 20.5. The Hall–Kier alpha value is -1.92. The van der Waals surface area contributed by atoms with Crippen molar-refractivity contribution in [3.63, 3.8) is 0 Å². The second-order valence-corrected chi connectivity index (χ2v) is 9.16. The highest BCUT2D eigenvalue weighted by Gasteiger charge is 2.40. The van der Waals surface area contributed by atoms with Gasteiger partial charge in [-0.2, -0.15) is 0 Å². The lowest BCUT2D eigenvalue weighted by atomic mass is 10.0. The van der Waals surface area contributed by atoms with Crippen LogP contribution in [0.5, 0.6) is 0 Å². The van der Waals surface area contributed by atoms with Crippen molar-refractivity contribution in [2.45, 2.75) is 96.9 Å². The Morgan fingerprint density at radius 3 is 2.74 bits per heavy atom. The van der Waals surface area contributed by atoms with E-state index in [9.17, 15) is 9.90 Å². The third-order valence-electron chi connectivity index (χ3n) is 6.83. The van der Waals surface area contributed by atoms with Crippen molar-refractivity contribution in [2.24, 2.45) is 0 Å². The maximum Gasteiger partial charge on any atom is 0.252 e. The van der Waals surface area contributed by atoms with Crippen LogP contribution in [0.15, 0.2) is 12.1 Å². The molecule has 1 saturated carbocycles. The summed E-state index contributed by atoms with van der Waals surface area (Å²) in [7, 11) is 0. The Bertz CT molecular complexity index is 912. The Morgan fingerprint density at radius 2 is 2.10 bits per heavy atom. The van der Waals surface area contributed by atoms with Crippen molar-refractivity contribution in [1.82, 2.24) is 14.5 Å². The van der Waals surface area contributed by atoms with Crippen LogP contribution in [0.3, 0.4) is 0 Å². The molecule has 2 aromatic rings. The first kappa shape index (κ1) is 22.3. The van der Waals surface area contributed by atoms with E-state index in [-0.39, 0.29) is 24.7 Å². The second-order valence-electron chi connectivity index (χ2n) is 9.16. The Labute approximate surface area is 185 Å². The van der Waals surface area contributed by atoms with Crippen LogP contribution in [0.25, 0.3) is 10.9 Å². The highest BCUT2D eigenvalue weighted by molar-refractivity contribution is 5.85. The summed E-state index contributed by atoms with van der Waals surface area (Å²) in [6, 6.07) is 4.67. The average Bonchev–Trinajstić information content (AvgIpc) is 3.57. The molecule has 0 bridgehead atoms. The number of hydrogen-bond donors (Lipinski definition) is 1. The van der Waals surface area contributed by atoms with Crippen molar-refractivity contribution in [2.75, 3.05) is 13.2 Å². The van der Waals surface area contributed by atoms with Crippen LogP contribution < -0.4 is 0 Å². The van der Waals surface area contributed by atoms with Crippen molar-refractivity contribution >= 4 is 16.8 Å². The van der Waals surface area contributed by atoms with Gasteiger partial charge < -0.3 is 19.3 Å². The molecule has 6 heteroatoms. The molecular weight excluding hydrogens is 390 g/mol. The lowest BCUT2D eigenvalue weighted by Crippen LogP contribution is -2.44. The van der Waals surface area contributed by atoms with Gasteiger partial charge in [-0.3, -0.25) is 9.78 Å². The third-order valence-corrected chi connectivity index (χ3v) is 6.83. The first-order valence-corrected chi connectivity index (χ1v) is 12.1. The number of carbonyl (C=O) groups excluding carboxylic acids is 1. The number of rotatable bonds is 9. The van der Waals surface area contributed by atoms with Crippen LogP contribution in [-0.4, -0.2) is 50.8 Å². The summed E-state index contributed by atoms with van der Waals surface area (Å²) in [5, 5.41) is 10.4. The molecule has 0 radical (unpaired) electrons. The van der Waals surface area contributed by atoms with E-state index in [4.69, 9.17) is 9.72 Å². The number of aliphatic hydroxyl groups is 1. The number of hydrogen-bond acceptors (Lipinski definition) is 4. The van der Waals surface area contributed by atoms with Crippen LogP contribution in [0.4, 0.5) is 0 Å². The number of nitrogens with zero attached hydrogens (tertiary/aromatic N) is 3. The predicted molar refractivity (Wildman–Crippen MR) is 122 cm³/mol. The number of unbranched alkanes of at least 4 members (excludes halogenated alkanes) is 1. The minimum atomic E-state index is -0.296. The van der Waals surface area contributed by atoms with Gasteiger partial charge in [0.15, 0.2) is 0 Å². The first-order valence-electron chi connectivity index (χ1n) is 12.1. The number of pyridine rings is 1. The average molecular weight is 428 g/mol. The van der Waals surface area contributed by atoms with Crippen LogP contribution in [0, 0.1) is 6.92 Å². The van der Waals surface area contributed by atoms with E-state index in [0.717, 1.165) is 69.3 Å². The lowest BCUT2D eigenvalue weighted by molar-refractivity contribution is -0.149. The fourth-order valence-electron chi connectivity index (χ4n) is 4.92. The molecule has 1 amide bonds. The van der Waals surface area contributed by atoms with Gasteiger partial charge in [-0.25, -0.2) is 0 Å². The molecule has 1 aliphatic heterocycles. The zero-order valence-corrected chi connectivity index (χ0v) is 19.3. The van der Waals surface area contributed by atoms with Crippen molar-refractivity contribution in [3.8, 4) is 0 Å². The molecule has 4 rings (SSSR count). The van der Waals surface area contributed by atoms with Crippen LogP contribution in [0.1, 0.15) is 81.9 Å². The fourth-order valence-corrected chi connectivity index (χ4v) is 4.92. The largest absolute Gasteiger partial charge is 0.396 e. The third kappa shape index (κ3) is 4.65. The number of aromatic nitrogens is 2. The summed E-state index contributed by atoms with van der Waals surface area (Å²) in [5.74, 6) is 0.143. The molecule has 1 N–H and O–H groups in total. The minimum absolute atomic E-state index is 0.0682. The van der Waals surface area contributed by atoms with Crippen molar-refractivity contribution in [3.05, 3.63) is 29.2 Å². The second kappa shape index (κ2) is 9.70. The maximum absolute atomic E-state index is 13.4. The fraction of sp³-hybridized carbons (Fsp3) is 0.680. The van der Waals surface area contributed by atoms with Gasteiger partial charge in [0.2, 0.25) is 0 Å². The van der Waals surface area contributed by atoms with E-state index in [1.54, 1.807) is 0 Å². The molecule has 2 fully saturated rings. The molecule has 6 nitrogen and oxygen atoms in total. The monoisotopic (exact) mass is 427 g/mol. The summed E-state index contributed by atoms with van der Waals surface area (Å²) in [5.41, 5.74) is 4.49. The summed E-state index contributed by atoms with van der Waals surface area (Å²) in [6.07, 6.45) is 7.40.